The zero-order valence-electron chi connectivity index (χ0n) is 18.4. The first-order chi connectivity index (χ1) is 16.2. The van der Waals surface area contributed by atoms with Crippen molar-refractivity contribution < 1.29 is 26.3 Å². The van der Waals surface area contributed by atoms with Crippen molar-refractivity contribution >= 4 is 49.9 Å². The standard InChI is InChI=1S/C22H26F3IN4O3S/c23-17-2-4-20(22(21(17)25)27-19-3-1-16(26)13-18(19)24)28-34(31,32)30-7-5-15(6-8-30)14-29-9-11-33-12-10-29/h1-4,13,15,27-28H,5-12,14H2. The fraction of sp³-hybridized carbons (Fsp3) is 0.455. The number of hydrogen-bond donors (Lipinski definition) is 2. The van der Waals surface area contributed by atoms with Gasteiger partial charge >= 0.3 is 10.2 Å². The van der Waals surface area contributed by atoms with Crippen LogP contribution in [0, 0.1) is 26.9 Å². The van der Waals surface area contributed by atoms with E-state index in [4.69, 9.17) is 4.74 Å². The second-order valence-corrected chi connectivity index (χ2v) is 11.3. The molecule has 12 heteroatoms. The summed E-state index contributed by atoms with van der Waals surface area (Å²) in [5.41, 5.74) is -0.785. The highest BCUT2D eigenvalue weighted by Gasteiger charge is 2.30. The zero-order valence-corrected chi connectivity index (χ0v) is 21.3. The van der Waals surface area contributed by atoms with Crippen LogP contribution in [0.5, 0.6) is 0 Å². The molecule has 34 heavy (non-hydrogen) atoms. The maximum absolute atomic E-state index is 14.6. The summed E-state index contributed by atoms with van der Waals surface area (Å²) in [4.78, 5) is 2.33. The van der Waals surface area contributed by atoms with E-state index in [1.54, 1.807) is 6.07 Å². The molecule has 0 amide bonds. The molecular formula is C22H26F3IN4O3S. The predicted octanol–water partition coefficient (Wildman–Crippen LogP) is 4.15. The minimum Gasteiger partial charge on any atom is -0.379 e. The zero-order chi connectivity index (χ0) is 24.3. The van der Waals surface area contributed by atoms with Gasteiger partial charge in [0.05, 0.1) is 24.6 Å². The summed E-state index contributed by atoms with van der Waals surface area (Å²) in [7, 11) is -4.03. The van der Waals surface area contributed by atoms with Crippen molar-refractivity contribution in [3.8, 4) is 0 Å². The molecule has 2 aliphatic rings. The lowest BCUT2D eigenvalue weighted by Gasteiger charge is -2.35. The summed E-state index contributed by atoms with van der Waals surface area (Å²) in [6.45, 7) is 4.75. The van der Waals surface area contributed by atoms with Gasteiger partial charge in [-0.2, -0.15) is 12.7 Å². The van der Waals surface area contributed by atoms with Crippen molar-refractivity contribution in [2.45, 2.75) is 12.8 Å². The Balaban J connectivity index is 1.46. The number of hydrogen-bond acceptors (Lipinski definition) is 5. The highest BCUT2D eigenvalue weighted by molar-refractivity contribution is 14.1. The number of benzene rings is 2. The third-order valence-electron chi connectivity index (χ3n) is 6.06. The minimum absolute atomic E-state index is 0.103. The largest absolute Gasteiger partial charge is 0.379 e. The second kappa shape index (κ2) is 11.0. The summed E-state index contributed by atoms with van der Waals surface area (Å²) < 4.78 is 78.6. The molecule has 2 fully saturated rings. The summed E-state index contributed by atoms with van der Waals surface area (Å²) >= 11 is 1.92. The van der Waals surface area contributed by atoms with E-state index in [1.807, 2.05) is 22.6 Å². The first kappa shape index (κ1) is 25.5. The summed E-state index contributed by atoms with van der Waals surface area (Å²) in [6, 6.07) is 6.14. The Morgan fingerprint density at radius 2 is 1.65 bits per heavy atom. The van der Waals surface area contributed by atoms with Crippen LogP contribution in [-0.2, 0) is 14.9 Å². The number of nitrogens with zero attached hydrogens (tertiary/aromatic N) is 2. The van der Waals surface area contributed by atoms with Gasteiger partial charge in [0.15, 0.2) is 11.6 Å². The number of rotatable bonds is 7. The summed E-state index contributed by atoms with van der Waals surface area (Å²) in [5.74, 6) is -2.77. The Morgan fingerprint density at radius 3 is 2.32 bits per heavy atom. The molecule has 4 rings (SSSR count). The van der Waals surface area contributed by atoms with Crippen LogP contribution in [0.4, 0.5) is 30.2 Å². The van der Waals surface area contributed by atoms with Gasteiger partial charge in [-0.05, 0) is 71.7 Å². The Hall–Kier alpha value is -1.61. The van der Waals surface area contributed by atoms with Gasteiger partial charge in [-0.15, -0.1) is 0 Å². The van der Waals surface area contributed by atoms with Crippen LogP contribution in [0.25, 0.3) is 0 Å². The molecule has 0 bridgehead atoms. The molecule has 2 N–H and O–H groups in total. The molecule has 0 aromatic heterocycles. The quantitative estimate of drug-likeness (QED) is 0.461. The molecule has 2 aromatic carbocycles. The molecule has 186 valence electrons. The number of nitrogens with one attached hydrogen (secondary N) is 2. The van der Waals surface area contributed by atoms with Crippen LogP contribution in [-0.4, -0.2) is 63.6 Å². The maximum Gasteiger partial charge on any atom is 0.301 e. The average molecular weight is 610 g/mol. The molecule has 0 aliphatic carbocycles. The predicted molar refractivity (Wildman–Crippen MR) is 133 cm³/mol. The fourth-order valence-corrected chi connectivity index (χ4v) is 5.89. The summed E-state index contributed by atoms with van der Waals surface area (Å²) in [5, 5.41) is 2.50. The Bertz CT molecular complexity index is 1120. The Morgan fingerprint density at radius 1 is 0.971 bits per heavy atom. The lowest BCUT2D eigenvalue weighted by atomic mass is 9.97. The third-order valence-corrected chi connectivity index (χ3v) is 8.25. The third kappa shape index (κ3) is 6.14. The van der Waals surface area contributed by atoms with Crippen molar-refractivity contribution in [3.63, 3.8) is 0 Å². The molecule has 0 radical (unpaired) electrons. The van der Waals surface area contributed by atoms with E-state index in [2.05, 4.69) is 14.9 Å². The van der Waals surface area contributed by atoms with Crippen molar-refractivity contribution in [2.24, 2.45) is 5.92 Å². The lowest BCUT2D eigenvalue weighted by molar-refractivity contribution is 0.0269. The van der Waals surface area contributed by atoms with Gasteiger partial charge in [0.1, 0.15) is 11.5 Å². The normalized spacial score (nSPS) is 18.7. The number of halogens is 4. The van der Waals surface area contributed by atoms with Crippen LogP contribution < -0.4 is 10.0 Å². The van der Waals surface area contributed by atoms with Gasteiger partial charge < -0.3 is 10.1 Å². The van der Waals surface area contributed by atoms with Gasteiger partial charge in [-0.1, -0.05) is 0 Å². The molecule has 0 spiro atoms. The molecule has 2 aliphatic heterocycles. The van der Waals surface area contributed by atoms with E-state index in [-0.39, 0.29) is 11.4 Å². The SMILES string of the molecule is O=S(=O)(Nc1ccc(F)c(F)c1Nc1ccc(I)cc1F)N1CCC(CN2CCOCC2)CC1. The Labute approximate surface area is 211 Å². The molecule has 7 nitrogen and oxygen atoms in total. The molecule has 0 atom stereocenters. The lowest BCUT2D eigenvalue weighted by Crippen LogP contribution is -2.45. The second-order valence-electron chi connectivity index (χ2n) is 8.40. The highest BCUT2D eigenvalue weighted by Crippen LogP contribution is 2.33. The number of anilines is 3. The van der Waals surface area contributed by atoms with E-state index < -0.39 is 33.3 Å². The van der Waals surface area contributed by atoms with E-state index in [0.717, 1.165) is 31.8 Å². The molecule has 0 saturated carbocycles. The van der Waals surface area contributed by atoms with Gasteiger partial charge in [0.25, 0.3) is 0 Å². The molecule has 2 heterocycles. The van der Waals surface area contributed by atoms with Crippen LogP contribution in [0.3, 0.4) is 0 Å². The molecule has 2 saturated heterocycles. The first-order valence-corrected chi connectivity index (χ1v) is 13.5. The van der Waals surface area contributed by atoms with Gasteiger partial charge in [0, 0.05) is 36.3 Å². The fourth-order valence-electron chi connectivity index (χ4n) is 4.17. The van der Waals surface area contributed by atoms with Crippen LogP contribution in [0.15, 0.2) is 30.3 Å². The average Bonchev–Trinajstić information content (AvgIpc) is 2.81. The van der Waals surface area contributed by atoms with Crippen molar-refractivity contribution in [3.05, 3.63) is 51.4 Å². The van der Waals surface area contributed by atoms with Crippen LogP contribution >= 0.6 is 22.6 Å². The number of piperidine rings is 1. The maximum atomic E-state index is 14.6. The minimum atomic E-state index is -4.03. The van der Waals surface area contributed by atoms with E-state index in [0.29, 0.717) is 48.6 Å². The van der Waals surface area contributed by atoms with Gasteiger partial charge in [-0.25, -0.2) is 13.2 Å². The van der Waals surface area contributed by atoms with E-state index >= 15 is 0 Å². The van der Waals surface area contributed by atoms with Crippen LogP contribution in [0.2, 0.25) is 0 Å². The molecule has 0 unspecified atom stereocenters. The Kier molecular flexibility index (Phi) is 8.23. The van der Waals surface area contributed by atoms with Gasteiger partial charge in [0.2, 0.25) is 0 Å². The van der Waals surface area contributed by atoms with E-state index in [1.165, 1.54) is 16.4 Å². The first-order valence-electron chi connectivity index (χ1n) is 11.0. The topological polar surface area (TPSA) is 73.9 Å². The van der Waals surface area contributed by atoms with Crippen LogP contribution in [0.1, 0.15) is 12.8 Å². The summed E-state index contributed by atoms with van der Waals surface area (Å²) in [6.07, 6.45) is 1.41. The van der Waals surface area contributed by atoms with Crippen molar-refractivity contribution in [1.82, 2.24) is 9.21 Å². The number of ether oxygens (including phenoxy) is 1. The molecule has 2 aromatic rings. The van der Waals surface area contributed by atoms with Crippen molar-refractivity contribution in [2.75, 3.05) is 56.0 Å². The molecular weight excluding hydrogens is 584 g/mol. The van der Waals surface area contributed by atoms with E-state index in [9.17, 15) is 21.6 Å². The smallest absolute Gasteiger partial charge is 0.301 e. The highest BCUT2D eigenvalue weighted by atomic mass is 127. The monoisotopic (exact) mass is 610 g/mol. The van der Waals surface area contributed by atoms with Gasteiger partial charge in [-0.3, -0.25) is 9.62 Å². The number of morpholine rings is 1. The van der Waals surface area contributed by atoms with Crippen molar-refractivity contribution in [1.29, 1.82) is 0 Å².